The van der Waals surface area contributed by atoms with Crippen LogP contribution in [0.1, 0.15) is 19.3 Å². The molecule has 26 heavy (non-hydrogen) atoms. The summed E-state index contributed by atoms with van der Waals surface area (Å²) in [4.78, 5) is 29.6. The molecular formula is C17H24N3O5P. The molecule has 0 aliphatic carbocycles. The van der Waals surface area contributed by atoms with Crippen molar-refractivity contribution in [2.75, 3.05) is 31.7 Å². The highest BCUT2D eigenvalue weighted by Gasteiger charge is 2.32. The van der Waals surface area contributed by atoms with E-state index in [2.05, 4.69) is 14.9 Å². The molecule has 1 atom stereocenters. The van der Waals surface area contributed by atoms with Gasteiger partial charge in [-0.2, -0.15) is 0 Å². The lowest BCUT2D eigenvalue weighted by Gasteiger charge is -2.34. The van der Waals surface area contributed by atoms with Crippen LogP contribution in [0.4, 0.5) is 5.82 Å². The molecule has 3 rings (SSSR count). The van der Waals surface area contributed by atoms with Crippen molar-refractivity contribution in [3.8, 4) is 5.75 Å². The maximum Gasteiger partial charge on any atom is 0.330 e. The number of hydrogen-bond donors (Lipinski definition) is 3. The summed E-state index contributed by atoms with van der Waals surface area (Å²) in [6.07, 6.45) is 3.47. The number of rotatable bonds is 6. The third-order valence-electron chi connectivity index (χ3n) is 5.03. The predicted octanol–water partition coefficient (Wildman–Crippen LogP) is 1.78. The van der Waals surface area contributed by atoms with E-state index in [1.807, 2.05) is 18.2 Å². The van der Waals surface area contributed by atoms with Gasteiger partial charge >= 0.3 is 7.60 Å². The molecule has 1 aliphatic rings. The van der Waals surface area contributed by atoms with Crippen LogP contribution in [0.3, 0.4) is 0 Å². The summed E-state index contributed by atoms with van der Waals surface area (Å²) in [5.74, 6) is 1.73. The first-order valence-corrected chi connectivity index (χ1v) is 10.3. The Morgan fingerprint density at radius 3 is 2.65 bits per heavy atom. The second kappa shape index (κ2) is 7.88. The van der Waals surface area contributed by atoms with Gasteiger partial charge < -0.3 is 24.5 Å². The Morgan fingerprint density at radius 2 is 2.04 bits per heavy atom. The Kier molecular flexibility index (Phi) is 5.77. The van der Waals surface area contributed by atoms with Crippen LogP contribution >= 0.6 is 7.60 Å². The summed E-state index contributed by atoms with van der Waals surface area (Å²) in [5.41, 5.74) is -0.202. The number of fused-ring (bicyclic) bond motifs is 1. The number of aliphatic hydroxyl groups is 1. The van der Waals surface area contributed by atoms with Gasteiger partial charge in [0.2, 0.25) is 0 Å². The van der Waals surface area contributed by atoms with Gasteiger partial charge in [0.05, 0.1) is 19.4 Å². The number of piperidine rings is 1. The standard InChI is InChI=1S/C17H24N3O5P/c1-25-15-4-2-3-14-16(15)18-11-19-17(14)20-7-5-12(6-8-20)9-13(10-21)26(22,23)24/h2-4,11-13,21H,5-10H2,1H3,(H2,22,23,24). The van der Waals surface area contributed by atoms with E-state index in [-0.39, 0.29) is 5.92 Å². The minimum absolute atomic E-state index is 0.179. The van der Waals surface area contributed by atoms with Crippen molar-refractivity contribution in [3.05, 3.63) is 24.5 Å². The van der Waals surface area contributed by atoms with Crippen molar-refractivity contribution in [2.45, 2.75) is 24.9 Å². The highest BCUT2D eigenvalue weighted by atomic mass is 31.2. The van der Waals surface area contributed by atoms with E-state index in [1.54, 1.807) is 7.11 Å². The second-order valence-corrected chi connectivity index (χ2v) is 8.55. The quantitative estimate of drug-likeness (QED) is 0.649. The third kappa shape index (κ3) is 3.99. The Bertz CT molecular complexity index is 804. The molecule has 1 aliphatic heterocycles. The normalized spacial score (nSPS) is 17.5. The van der Waals surface area contributed by atoms with Crippen molar-refractivity contribution < 1.29 is 24.2 Å². The summed E-state index contributed by atoms with van der Waals surface area (Å²) >= 11 is 0. The van der Waals surface area contributed by atoms with E-state index in [4.69, 9.17) is 4.74 Å². The molecule has 0 saturated carbocycles. The largest absolute Gasteiger partial charge is 0.494 e. The number of aromatic nitrogens is 2. The Labute approximate surface area is 152 Å². The van der Waals surface area contributed by atoms with Crippen molar-refractivity contribution in [3.63, 3.8) is 0 Å². The number of para-hydroxylation sites is 1. The molecule has 0 spiro atoms. The molecule has 0 radical (unpaired) electrons. The monoisotopic (exact) mass is 381 g/mol. The number of anilines is 1. The molecule has 3 N–H and O–H groups in total. The summed E-state index contributed by atoms with van der Waals surface area (Å²) in [6.45, 7) is 1.00. The number of aliphatic hydroxyl groups excluding tert-OH is 1. The van der Waals surface area contributed by atoms with E-state index < -0.39 is 19.9 Å². The van der Waals surface area contributed by atoms with Crippen LogP contribution in [0.15, 0.2) is 24.5 Å². The minimum Gasteiger partial charge on any atom is -0.494 e. The van der Waals surface area contributed by atoms with Gasteiger partial charge in [-0.15, -0.1) is 0 Å². The Hall–Kier alpha value is -1.73. The van der Waals surface area contributed by atoms with Crippen LogP contribution in [-0.4, -0.2) is 57.3 Å². The lowest BCUT2D eigenvalue weighted by molar-refractivity contribution is 0.239. The average Bonchev–Trinajstić information content (AvgIpc) is 2.64. The number of ether oxygens (including phenoxy) is 1. The third-order valence-corrected chi connectivity index (χ3v) is 6.36. The molecule has 1 unspecified atom stereocenters. The van der Waals surface area contributed by atoms with Crippen LogP contribution in [0.5, 0.6) is 5.75 Å². The first-order valence-electron chi connectivity index (χ1n) is 8.62. The van der Waals surface area contributed by atoms with Crippen molar-refractivity contribution in [1.82, 2.24) is 9.97 Å². The molecule has 1 fully saturated rings. The van der Waals surface area contributed by atoms with Gasteiger partial charge in [0.1, 0.15) is 23.4 Å². The van der Waals surface area contributed by atoms with Crippen molar-refractivity contribution in [2.24, 2.45) is 5.92 Å². The molecule has 1 aromatic heterocycles. The fourth-order valence-corrected chi connectivity index (χ4v) is 4.33. The molecule has 1 aromatic carbocycles. The first-order chi connectivity index (χ1) is 12.4. The Morgan fingerprint density at radius 1 is 1.31 bits per heavy atom. The molecule has 8 nitrogen and oxygen atoms in total. The SMILES string of the molecule is COc1cccc2c(N3CCC(CC(CO)P(=O)(O)O)CC3)ncnc12. The molecular weight excluding hydrogens is 357 g/mol. The molecule has 2 heterocycles. The maximum absolute atomic E-state index is 11.4. The van der Waals surface area contributed by atoms with E-state index in [0.717, 1.165) is 42.7 Å². The fraction of sp³-hybridized carbons (Fsp3) is 0.529. The van der Waals surface area contributed by atoms with E-state index in [9.17, 15) is 19.5 Å². The van der Waals surface area contributed by atoms with E-state index >= 15 is 0 Å². The van der Waals surface area contributed by atoms with Crippen LogP contribution in [0, 0.1) is 5.92 Å². The van der Waals surface area contributed by atoms with Gasteiger partial charge in [0.25, 0.3) is 0 Å². The summed E-state index contributed by atoms with van der Waals surface area (Å²) < 4.78 is 16.8. The number of methoxy groups -OCH3 is 1. The fourth-order valence-electron chi connectivity index (χ4n) is 3.55. The first kappa shape index (κ1) is 19.0. The van der Waals surface area contributed by atoms with Gasteiger partial charge in [0.15, 0.2) is 0 Å². The van der Waals surface area contributed by atoms with Gasteiger partial charge in [-0.25, -0.2) is 9.97 Å². The summed E-state index contributed by atoms with van der Waals surface area (Å²) in [7, 11) is -2.64. The zero-order valence-corrected chi connectivity index (χ0v) is 15.5. The van der Waals surface area contributed by atoms with Gasteiger partial charge in [-0.05, 0) is 37.3 Å². The second-order valence-electron chi connectivity index (χ2n) is 6.65. The molecule has 1 saturated heterocycles. The van der Waals surface area contributed by atoms with Gasteiger partial charge in [-0.3, -0.25) is 4.57 Å². The van der Waals surface area contributed by atoms with Crippen molar-refractivity contribution in [1.29, 1.82) is 0 Å². The highest BCUT2D eigenvalue weighted by molar-refractivity contribution is 7.52. The van der Waals surface area contributed by atoms with Crippen molar-refractivity contribution >= 4 is 24.3 Å². The topological polar surface area (TPSA) is 116 Å². The highest BCUT2D eigenvalue weighted by Crippen LogP contribution is 2.45. The van der Waals surface area contributed by atoms with E-state index in [1.165, 1.54) is 6.33 Å². The summed E-state index contributed by atoms with van der Waals surface area (Å²) in [6, 6.07) is 5.74. The smallest absolute Gasteiger partial charge is 0.330 e. The van der Waals surface area contributed by atoms with Gasteiger partial charge in [-0.1, -0.05) is 6.07 Å². The number of hydrogen-bond acceptors (Lipinski definition) is 6. The lowest BCUT2D eigenvalue weighted by Crippen LogP contribution is -2.35. The minimum atomic E-state index is -4.26. The molecule has 9 heteroatoms. The zero-order valence-electron chi connectivity index (χ0n) is 14.7. The molecule has 2 aromatic rings. The van der Waals surface area contributed by atoms with Crippen LogP contribution in [0.2, 0.25) is 0 Å². The van der Waals surface area contributed by atoms with Crippen LogP contribution in [-0.2, 0) is 4.57 Å². The predicted molar refractivity (Wildman–Crippen MR) is 98.6 cm³/mol. The zero-order chi connectivity index (χ0) is 18.7. The average molecular weight is 381 g/mol. The maximum atomic E-state index is 11.4. The number of benzene rings is 1. The molecule has 142 valence electrons. The molecule has 0 amide bonds. The van der Waals surface area contributed by atoms with E-state index in [0.29, 0.717) is 12.2 Å². The molecule has 0 bridgehead atoms. The van der Waals surface area contributed by atoms with Crippen LogP contribution in [0.25, 0.3) is 10.9 Å². The lowest BCUT2D eigenvalue weighted by atomic mass is 9.92. The summed E-state index contributed by atoms with van der Waals surface area (Å²) in [5, 5.41) is 10.2. The van der Waals surface area contributed by atoms with Gasteiger partial charge in [0, 0.05) is 18.5 Å². The van der Waals surface area contributed by atoms with Crippen LogP contribution < -0.4 is 9.64 Å². The Balaban J connectivity index is 1.73. The number of nitrogens with zero attached hydrogens (tertiary/aromatic N) is 3.